The van der Waals surface area contributed by atoms with Gasteiger partial charge in [-0.15, -0.1) is 0 Å². The van der Waals surface area contributed by atoms with Gasteiger partial charge in [-0.1, -0.05) is 30.7 Å². The van der Waals surface area contributed by atoms with E-state index in [0.29, 0.717) is 5.92 Å². The first-order chi connectivity index (χ1) is 7.84. The lowest BCUT2D eigenvalue weighted by Crippen LogP contribution is -2.27. The van der Waals surface area contributed by atoms with Crippen LogP contribution < -0.4 is 5.73 Å². The fourth-order valence-electron chi connectivity index (χ4n) is 2.31. The van der Waals surface area contributed by atoms with E-state index in [0.717, 1.165) is 11.2 Å². The number of aromatic nitrogens is 1. The molecule has 3 rings (SSSR count). The molecule has 2 heteroatoms. The smallest absolute Gasteiger partial charge is 0.0706 e. The summed E-state index contributed by atoms with van der Waals surface area (Å²) in [6, 6.07) is 12.5. The Morgan fingerprint density at radius 3 is 2.69 bits per heavy atom. The lowest BCUT2D eigenvalue weighted by molar-refractivity contribution is 0.261. The summed E-state index contributed by atoms with van der Waals surface area (Å²) in [4.78, 5) is 4.65. The molecule has 0 radical (unpaired) electrons. The molecule has 0 bridgehead atoms. The van der Waals surface area contributed by atoms with Crippen LogP contribution in [0.2, 0.25) is 0 Å². The SMILES string of the molecule is N[C@@H](c1ccc2ccccc2n1)C1CCC1. The number of fused-ring (bicyclic) bond motifs is 1. The van der Waals surface area contributed by atoms with Crippen LogP contribution in [0.15, 0.2) is 36.4 Å². The molecule has 0 unspecified atom stereocenters. The van der Waals surface area contributed by atoms with Gasteiger partial charge in [0.2, 0.25) is 0 Å². The van der Waals surface area contributed by atoms with Gasteiger partial charge >= 0.3 is 0 Å². The molecule has 0 saturated heterocycles. The highest BCUT2D eigenvalue weighted by Crippen LogP contribution is 2.35. The Balaban J connectivity index is 1.97. The average molecular weight is 212 g/mol. The first-order valence-corrected chi connectivity index (χ1v) is 5.96. The van der Waals surface area contributed by atoms with E-state index in [2.05, 4.69) is 23.2 Å². The van der Waals surface area contributed by atoms with Gasteiger partial charge in [0.25, 0.3) is 0 Å². The summed E-state index contributed by atoms with van der Waals surface area (Å²) in [6.45, 7) is 0. The van der Waals surface area contributed by atoms with Gasteiger partial charge in [0.1, 0.15) is 0 Å². The Hall–Kier alpha value is -1.41. The van der Waals surface area contributed by atoms with Gasteiger partial charge in [-0.2, -0.15) is 0 Å². The Labute approximate surface area is 95.5 Å². The zero-order valence-corrected chi connectivity index (χ0v) is 9.26. The van der Waals surface area contributed by atoms with Crippen molar-refractivity contribution in [1.82, 2.24) is 4.98 Å². The predicted octanol–water partition coefficient (Wildman–Crippen LogP) is 3.03. The van der Waals surface area contributed by atoms with Crippen molar-refractivity contribution in [2.75, 3.05) is 0 Å². The fourth-order valence-corrected chi connectivity index (χ4v) is 2.31. The summed E-state index contributed by atoms with van der Waals surface area (Å²) in [6.07, 6.45) is 3.84. The van der Waals surface area contributed by atoms with Crippen molar-refractivity contribution in [3.63, 3.8) is 0 Å². The zero-order chi connectivity index (χ0) is 11.0. The molecular weight excluding hydrogens is 196 g/mol. The number of rotatable bonds is 2. The van der Waals surface area contributed by atoms with Gasteiger partial charge in [0.05, 0.1) is 11.2 Å². The van der Waals surface area contributed by atoms with Gasteiger partial charge < -0.3 is 5.73 Å². The third-order valence-electron chi connectivity index (χ3n) is 3.62. The number of hydrogen-bond donors (Lipinski definition) is 1. The highest BCUT2D eigenvalue weighted by molar-refractivity contribution is 5.78. The van der Waals surface area contributed by atoms with E-state index in [1.807, 2.05) is 18.2 Å². The second-order valence-electron chi connectivity index (χ2n) is 4.65. The first kappa shape index (κ1) is 9.79. The summed E-state index contributed by atoms with van der Waals surface area (Å²) in [7, 11) is 0. The molecule has 2 N–H and O–H groups in total. The number of nitrogens with zero attached hydrogens (tertiary/aromatic N) is 1. The minimum Gasteiger partial charge on any atom is -0.322 e. The maximum absolute atomic E-state index is 6.23. The summed E-state index contributed by atoms with van der Waals surface area (Å²) >= 11 is 0. The quantitative estimate of drug-likeness (QED) is 0.831. The summed E-state index contributed by atoms with van der Waals surface area (Å²) in [5.41, 5.74) is 8.32. The molecule has 1 saturated carbocycles. The molecular formula is C14H16N2. The lowest BCUT2D eigenvalue weighted by atomic mass is 9.79. The van der Waals surface area contributed by atoms with E-state index in [4.69, 9.17) is 5.73 Å². The maximum atomic E-state index is 6.23. The van der Waals surface area contributed by atoms with Crippen molar-refractivity contribution in [3.05, 3.63) is 42.1 Å². The normalized spacial score (nSPS) is 18.3. The van der Waals surface area contributed by atoms with Crippen molar-refractivity contribution in [2.24, 2.45) is 11.7 Å². The van der Waals surface area contributed by atoms with Gasteiger partial charge in [-0.25, -0.2) is 0 Å². The minimum atomic E-state index is 0.123. The molecule has 0 spiro atoms. The van der Waals surface area contributed by atoms with Crippen LogP contribution in [0.4, 0.5) is 0 Å². The van der Waals surface area contributed by atoms with Crippen molar-refractivity contribution in [2.45, 2.75) is 25.3 Å². The minimum absolute atomic E-state index is 0.123. The topological polar surface area (TPSA) is 38.9 Å². The Morgan fingerprint density at radius 2 is 1.94 bits per heavy atom. The Kier molecular flexibility index (Phi) is 2.37. The standard InChI is InChI=1S/C14H16N2/c15-14(11-5-3-6-11)13-9-8-10-4-1-2-7-12(10)16-13/h1-2,4,7-9,11,14H,3,5-6,15H2/t14-/m1/s1. The third-order valence-corrected chi connectivity index (χ3v) is 3.62. The third kappa shape index (κ3) is 1.59. The molecule has 1 aromatic carbocycles. The molecule has 1 aromatic heterocycles. The van der Waals surface area contributed by atoms with E-state index in [1.54, 1.807) is 0 Å². The number of hydrogen-bond acceptors (Lipinski definition) is 2. The molecule has 1 atom stereocenters. The van der Waals surface area contributed by atoms with Crippen LogP contribution in [0.1, 0.15) is 31.0 Å². The van der Waals surface area contributed by atoms with Crippen LogP contribution in [-0.2, 0) is 0 Å². The van der Waals surface area contributed by atoms with Crippen molar-refractivity contribution in [3.8, 4) is 0 Å². The monoisotopic (exact) mass is 212 g/mol. The van der Waals surface area contributed by atoms with Gasteiger partial charge in [-0.05, 0) is 30.9 Å². The van der Waals surface area contributed by atoms with E-state index in [1.165, 1.54) is 24.6 Å². The summed E-state index contributed by atoms with van der Waals surface area (Å²) in [5.74, 6) is 0.647. The van der Waals surface area contributed by atoms with Crippen LogP contribution in [0.3, 0.4) is 0 Å². The predicted molar refractivity (Wildman–Crippen MR) is 66.0 cm³/mol. The second-order valence-corrected chi connectivity index (χ2v) is 4.65. The lowest BCUT2D eigenvalue weighted by Gasteiger charge is -2.30. The highest BCUT2D eigenvalue weighted by atomic mass is 14.8. The number of para-hydroxylation sites is 1. The van der Waals surface area contributed by atoms with Crippen molar-refractivity contribution < 1.29 is 0 Å². The highest BCUT2D eigenvalue weighted by Gasteiger charge is 2.26. The number of benzene rings is 1. The van der Waals surface area contributed by atoms with Crippen LogP contribution in [-0.4, -0.2) is 4.98 Å². The van der Waals surface area contributed by atoms with Gasteiger partial charge in [0, 0.05) is 11.4 Å². The van der Waals surface area contributed by atoms with Crippen LogP contribution in [0.25, 0.3) is 10.9 Å². The maximum Gasteiger partial charge on any atom is 0.0706 e. The largest absolute Gasteiger partial charge is 0.322 e. The summed E-state index contributed by atoms with van der Waals surface area (Å²) < 4.78 is 0. The molecule has 16 heavy (non-hydrogen) atoms. The Bertz CT molecular complexity index is 503. The molecule has 1 heterocycles. The van der Waals surface area contributed by atoms with Crippen molar-refractivity contribution >= 4 is 10.9 Å². The number of pyridine rings is 1. The molecule has 2 nitrogen and oxygen atoms in total. The zero-order valence-electron chi connectivity index (χ0n) is 9.26. The van der Waals surface area contributed by atoms with E-state index in [9.17, 15) is 0 Å². The Morgan fingerprint density at radius 1 is 1.12 bits per heavy atom. The first-order valence-electron chi connectivity index (χ1n) is 5.96. The molecule has 1 aliphatic rings. The van der Waals surface area contributed by atoms with Gasteiger partial charge in [0.15, 0.2) is 0 Å². The van der Waals surface area contributed by atoms with E-state index < -0.39 is 0 Å². The average Bonchev–Trinajstić information content (AvgIpc) is 2.26. The molecule has 1 fully saturated rings. The van der Waals surface area contributed by atoms with Gasteiger partial charge in [-0.3, -0.25) is 4.98 Å². The molecule has 2 aromatic rings. The van der Waals surface area contributed by atoms with Crippen molar-refractivity contribution in [1.29, 1.82) is 0 Å². The van der Waals surface area contributed by atoms with E-state index >= 15 is 0 Å². The fraction of sp³-hybridized carbons (Fsp3) is 0.357. The van der Waals surface area contributed by atoms with Crippen LogP contribution in [0, 0.1) is 5.92 Å². The molecule has 0 amide bonds. The van der Waals surface area contributed by atoms with Crippen LogP contribution in [0.5, 0.6) is 0 Å². The van der Waals surface area contributed by atoms with Crippen LogP contribution >= 0.6 is 0 Å². The molecule has 1 aliphatic carbocycles. The number of nitrogens with two attached hydrogens (primary N) is 1. The van der Waals surface area contributed by atoms with E-state index in [-0.39, 0.29) is 6.04 Å². The second kappa shape index (κ2) is 3.87. The summed E-state index contributed by atoms with van der Waals surface area (Å²) in [5, 5.41) is 1.19. The molecule has 82 valence electrons. The molecule has 0 aliphatic heterocycles.